The van der Waals surface area contributed by atoms with Crippen molar-refractivity contribution in [2.24, 2.45) is 0 Å². The van der Waals surface area contributed by atoms with Crippen LogP contribution in [0.25, 0.3) is 11.0 Å². The van der Waals surface area contributed by atoms with Crippen molar-refractivity contribution in [1.29, 1.82) is 0 Å². The number of carbonyl (C=O) groups excluding carboxylic acids is 1. The Morgan fingerprint density at radius 3 is 2.47 bits per heavy atom. The third-order valence-corrected chi connectivity index (χ3v) is 7.59. The van der Waals surface area contributed by atoms with Gasteiger partial charge in [0.1, 0.15) is 17.8 Å². The van der Waals surface area contributed by atoms with Crippen molar-refractivity contribution in [3.05, 3.63) is 76.2 Å². The van der Waals surface area contributed by atoms with Crippen LogP contribution in [-0.2, 0) is 25.7 Å². The fourth-order valence-electron chi connectivity index (χ4n) is 5.11. The number of aryl methyl sites for hydroxylation is 2. The van der Waals surface area contributed by atoms with Crippen molar-refractivity contribution in [2.75, 3.05) is 44.3 Å². The Bertz CT molecular complexity index is 1710. The smallest absolute Gasteiger partial charge is 0.383 e. The highest BCUT2D eigenvalue weighted by Crippen LogP contribution is 2.35. The van der Waals surface area contributed by atoms with Gasteiger partial charge in [0.05, 0.1) is 10.9 Å². The Hall–Kier alpha value is -4.47. The highest BCUT2D eigenvalue weighted by molar-refractivity contribution is 6.04. The Labute approximate surface area is 247 Å². The molecule has 2 aromatic heterocycles. The summed E-state index contributed by atoms with van der Waals surface area (Å²) in [5.41, 5.74) is 8.36. The minimum absolute atomic E-state index is 0.0682. The van der Waals surface area contributed by atoms with Crippen molar-refractivity contribution in [2.45, 2.75) is 39.5 Å². The number of nitrogen functional groups attached to an aromatic ring is 1. The Morgan fingerprint density at radius 1 is 1.02 bits per heavy atom. The van der Waals surface area contributed by atoms with E-state index in [4.69, 9.17) is 5.73 Å². The summed E-state index contributed by atoms with van der Waals surface area (Å²) in [5.74, 6) is 5.88. The van der Waals surface area contributed by atoms with Gasteiger partial charge in [-0.2, -0.15) is 18.3 Å². The zero-order valence-corrected chi connectivity index (χ0v) is 24.3. The van der Waals surface area contributed by atoms with Crippen molar-refractivity contribution >= 4 is 28.4 Å². The number of nitrogens with two attached hydrogens (primary N) is 1. The van der Waals surface area contributed by atoms with Gasteiger partial charge in [0, 0.05) is 56.1 Å². The lowest BCUT2D eigenvalue weighted by atomic mass is 10.0. The number of likely N-dealkylation sites (N-methyl/N-ethyl adjacent to an activating group) is 1. The second kappa shape index (κ2) is 12.4. The van der Waals surface area contributed by atoms with Crippen molar-refractivity contribution < 1.29 is 18.0 Å². The van der Waals surface area contributed by atoms with Gasteiger partial charge < -0.3 is 16.0 Å². The molecule has 1 fully saturated rings. The van der Waals surface area contributed by atoms with E-state index in [-0.39, 0.29) is 29.2 Å². The van der Waals surface area contributed by atoms with Crippen LogP contribution >= 0.6 is 0 Å². The summed E-state index contributed by atoms with van der Waals surface area (Å²) in [6, 6.07) is 9.03. The first-order chi connectivity index (χ1) is 20.6. The molecule has 1 amide bonds. The number of hydrogen-bond acceptors (Lipinski definition) is 7. The molecule has 9 nitrogen and oxygen atoms in total. The summed E-state index contributed by atoms with van der Waals surface area (Å²) in [7, 11) is 2.00. The minimum atomic E-state index is -4.56. The van der Waals surface area contributed by atoms with E-state index >= 15 is 0 Å². The van der Waals surface area contributed by atoms with E-state index in [2.05, 4.69) is 37.1 Å². The van der Waals surface area contributed by atoms with Crippen LogP contribution in [-0.4, -0.2) is 68.7 Å². The fraction of sp³-hybridized carbons (Fsp3) is 0.355. The molecule has 5 rings (SSSR count). The van der Waals surface area contributed by atoms with Crippen molar-refractivity contribution in [1.82, 2.24) is 29.5 Å². The van der Waals surface area contributed by atoms with Gasteiger partial charge in [0.15, 0.2) is 5.65 Å². The number of nitrogens with one attached hydrogen (secondary N) is 1. The third kappa shape index (κ3) is 6.63. The van der Waals surface area contributed by atoms with E-state index in [0.29, 0.717) is 48.3 Å². The van der Waals surface area contributed by atoms with Crippen molar-refractivity contribution in [3.63, 3.8) is 0 Å². The summed E-state index contributed by atoms with van der Waals surface area (Å²) >= 11 is 0. The SMILES string of the molecule is CCc1ccc(C(=O)Nc2ccc(CN3CCN(C)CC3)c(C(F)(F)F)c2)cc1C#Cc1nn(CC)c2ncnc(N)c12. The maximum Gasteiger partial charge on any atom is 0.416 e. The average molecular weight is 591 g/mol. The summed E-state index contributed by atoms with van der Waals surface area (Å²) in [6.07, 6.45) is -2.53. The maximum atomic E-state index is 14.0. The number of piperazine rings is 1. The lowest BCUT2D eigenvalue weighted by molar-refractivity contribution is -0.138. The first kappa shape index (κ1) is 30.0. The van der Waals surface area contributed by atoms with E-state index in [1.54, 1.807) is 22.9 Å². The van der Waals surface area contributed by atoms with E-state index in [0.717, 1.165) is 24.7 Å². The Morgan fingerprint density at radius 2 is 1.77 bits per heavy atom. The molecule has 12 heteroatoms. The molecule has 0 saturated carbocycles. The molecule has 3 heterocycles. The molecule has 43 heavy (non-hydrogen) atoms. The molecule has 0 spiro atoms. The topological polar surface area (TPSA) is 105 Å². The molecule has 0 bridgehead atoms. The van der Waals surface area contributed by atoms with Gasteiger partial charge in [-0.05, 0) is 61.7 Å². The number of nitrogens with zero attached hydrogens (tertiary/aromatic N) is 6. The number of alkyl halides is 3. The number of amides is 1. The molecule has 224 valence electrons. The number of aromatic nitrogens is 4. The first-order valence-electron chi connectivity index (χ1n) is 14.1. The standard InChI is InChI=1S/C31H33F3N8O/c1-4-20-6-7-22(16-21(20)9-11-26-27-28(35)36-19-37-29(27)42(5-2)39-26)30(43)38-24-10-8-23(25(17-24)31(32,33)34)18-41-14-12-40(3)13-15-41/h6-8,10,16-17,19H,4-5,12-15,18H2,1-3H3,(H,38,43)(H2,35,36,37). The van der Waals surface area contributed by atoms with Crippen LogP contribution in [0.3, 0.4) is 0 Å². The number of anilines is 2. The summed E-state index contributed by atoms with van der Waals surface area (Å²) < 4.78 is 43.8. The molecule has 4 aromatic rings. The van der Waals surface area contributed by atoms with Crippen LogP contribution in [0.2, 0.25) is 0 Å². The zero-order valence-electron chi connectivity index (χ0n) is 24.3. The van der Waals surface area contributed by atoms with Crippen LogP contribution in [0, 0.1) is 11.8 Å². The zero-order chi connectivity index (χ0) is 30.7. The number of rotatable bonds is 6. The number of carbonyl (C=O) groups is 1. The lowest BCUT2D eigenvalue weighted by Gasteiger charge is -2.33. The summed E-state index contributed by atoms with van der Waals surface area (Å²) in [5, 5.41) is 7.70. The number of hydrogen-bond donors (Lipinski definition) is 2. The van der Waals surface area contributed by atoms with Gasteiger partial charge >= 0.3 is 6.18 Å². The van der Waals surface area contributed by atoms with E-state index < -0.39 is 17.6 Å². The fourth-order valence-corrected chi connectivity index (χ4v) is 5.11. The molecule has 1 aliphatic rings. The van der Waals surface area contributed by atoms with Gasteiger partial charge in [-0.15, -0.1) is 0 Å². The highest BCUT2D eigenvalue weighted by Gasteiger charge is 2.34. The normalized spacial score (nSPS) is 14.5. The maximum absolute atomic E-state index is 14.0. The van der Waals surface area contributed by atoms with Crippen LogP contribution in [0.5, 0.6) is 0 Å². The molecule has 0 radical (unpaired) electrons. The van der Waals surface area contributed by atoms with Crippen LogP contribution in [0.1, 0.15) is 52.2 Å². The molecular weight excluding hydrogens is 557 g/mol. The second-order valence-corrected chi connectivity index (χ2v) is 10.5. The third-order valence-electron chi connectivity index (χ3n) is 7.59. The van der Waals surface area contributed by atoms with E-state index in [1.807, 2.05) is 25.8 Å². The van der Waals surface area contributed by atoms with E-state index in [9.17, 15) is 18.0 Å². The van der Waals surface area contributed by atoms with Gasteiger partial charge in [-0.1, -0.05) is 25.0 Å². The van der Waals surface area contributed by atoms with Crippen LogP contribution in [0.4, 0.5) is 24.7 Å². The first-order valence-corrected chi connectivity index (χ1v) is 14.1. The van der Waals surface area contributed by atoms with Crippen LogP contribution in [0.15, 0.2) is 42.7 Å². The van der Waals surface area contributed by atoms with E-state index in [1.165, 1.54) is 18.5 Å². The summed E-state index contributed by atoms with van der Waals surface area (Å²) in [4.78, 5) is 25.7. The molecule has 0 aliphatic carbocycles. The van der Waals surface area contributed by atoms with Gasteiger partial charge in [0.25, 0.3) is 5.91 Å². The quantitative estimate of drug-likeness (QED) is 0.321. The molecule has 3 N–H and O–H groups in total. The lowest BCUT2D eigenvalue weighted by Crippen LogP contribution is -2.44. The molecule has 0 unspecified atom stereocenters. The predicted molar refractivity (Wildman–Crippen MR) is 159 cm³/mol. The Balaban J connectivity index is 1.40. The van der Waals surface area contributed by atoms with Crippen molar-refractivity contribution in [3.8, 4) is 11.8 Å². The van der Waals surface area contributed by atoms with Gasteiger partial charge in [-0.25, -0.2) is 14.6 Å². The second-order valence-electron chi connectivity index (χ2n) is 10.5. The average Bonchev–Trinajstić information content (AvgIpc) is 3.36. The summed E-state index contributed by atoms with van der Waals surface area (Å²) in [6.45, 7) is 7.66. The number of halogens is 3. The van der Waals surface area contributed by atoms with Gasteiger partial charge in [-0.3, -0.25) is 9.69 Å². The number of benzene rings is 2. The molecule has 1 aliphatic heterocycles. The van der Waals surface area contributed by atoms with Crippen LogP contribution < -0.4 is 11.1 Å². The predicted octanol–water partition coefficient (Wildman–Crippen LogP) is 4.41. The number of fused-ring (bicyclic) bond motifs is 1. The van der Waals surface area contributed by atoms with Gasteiger partial charge in [0.2, 0.25) is 0 Å². The minimum Gasteiger partial charge on any atom is -0.383 e. The molecule has 2 aromatic carbocycles. The highest BCUT2D eigenvalue weighted by atomic mass is 19.4. The monoisotopic (exact) mass is 590 g/mol. The molecule has 0 atom stereocenters. The molecular formula is C31H33F3N8O. The Kier molecular flexibility index (Phi) is 8.66. The molecule has 1 saturated heterocycles. The largest absolute Gasteiger partial charge is 0.416 e.